The van der Waals surface area contributed by atoms with Crippen molar-refractivity contribution in [3.8, 4) is 5.75 Å². The number of carbonyl (C=O) groups excluding carboxylic acids is 2. The molecule has 0 saturated heterocycles. The lowest BCUT2D eigenvalue weighted by Gasteiger charge is -2.05. The third-order valence-corrected chi connectivity index (χ3v) is 3.71. The van der Waals surface area contributed by atoms with Crippen molar-refractivity contribution >= 4 is 23.1 Å². The Kier molecular flexibility index (Phi) is 7.02. The molecule has 1 aromatic heterocycles. The number of fused-ring (bicyclic) bond motifs is 1. The molecule has 2 rings (SSSR count). The number of ether oxygens (including phenoxy) is 2. The number of nitrogens with one attached hydrogen (secondary N) is 2. The standard InChI is InChI=1S/C18H23N3O5/c1-3-5-6-7-11-19-17(23)21-16(22)13-9-8-10-14(15(13)20-21)26-18(24)25-12-4-2/h4,8-10,20H,2-3,5-7,11-12H2,1H3,(H,19,23). The molecule has 0 saturated carbocycles. The molecule has 0 aliphatic carbocycles. The zero-order valence-corrected chi connectivity index (χ0v) is 14.7. The molecular formula is C18H23N3O5. The van der Waals surface area contributed by atoms with E-state index in [2.05, 4.69) is 23.9 Å². The fourth-order valence-corrected chi connectivity index (χ4v) is 2.41. The van der Waals surface area contributed by atoms with E-state index in [9.17, 15) is 14.4 Å². The number of benzene rings is 1. The summed E-state index contributed by atoms with van der Waals surface area (Å²) in [6.45, 7) is 6.03. The van der Waals surface area contributed by atoms with Crippen LogP contribution in [0, 0.1) is 0 Å². The number of para-hydroxylation sites is 1. The summed E-state index contributed by atoms with van der Waals surface area (Å²) in [6.07, 6.45) is 4.55. The van der Waals surface area contributed by atoms with Crippen molar-refractivity contribution in [2.75, 3.05) is 13.2 Å². The van der Waals surface area contributed by atoms with Crippen LogP contribution in [0.25, 0.3) is 10.9 Å². The molecule has 0 bridgehead atoms. The van der Waals surface area contributed by atoms with Crippen LogP contribution in [-0.4, -0.2) is 35.1 Å². The van der Waals surface area contributed by atoms with E-state index in [-0.39, 0.29) is 23.3 Å². The number of rotatable bonds is 8. The highest BCUT2D eigenvalue weighted by Gasteiger charge is 2.17. The Morgan fingerprint density at radius 1 is 1.31 bits per heavy atom. The van der Waals surface area contributed by atoms with Gasteiger partial charge < -0.3 is 14.8 Å². The van der Waals surface area contributed by atoms with Gasteiger partial charge in [-0.05, 0) is 18.6 Å². The van der Waals surface area contributed by atoms with Crippen LogP contribution in [0.1, 0.15) is 32.6 Å². The molecule has 8 heteroatoms. The molecule has 1 amide bonds. The fourth-order valence-electron chi connectivity index (χ4n) is 2.41. The molecule has 0 spiro atoms. The van der Waals surface area contributed by atoms with Crippen molar-refractivity contribution < 1.29 is 19.1 Å². The fraction of sp³-hybridized carbons (Fsp3) is 0.389. The van der Waals surface area contributed by atoms with Crippen LogP contribution in [0.4, 0.5) is 9.59 Å². The number of hydrogen-bond donors (Lipinski definition) is 2. The SMILES string of the molecule is C=CCOC(=O)Oc1cccc2c(=O)n(C(=O)NCCCCCC)[nH]c12. The Balaban J connectivity index is 2.14. The Hall–Kier alpha value is -3.03. The maximum atomic E-state index is 12.4. The first-order valence-corrected chi connectivity index (χ1v) is 8.56. The Labute approximate surface area is 150 Å². The third kappa shape index (κ3) is 4.75. The van der Waals surface area contributed by atoms with Gasteiger partial charge >= 0.3 is 12.2 Å². The minimum absolute atomic E-state index is 0.00672. The lowest BCUT2D eigenvalue weighted by Crippen LogP contribution is -2.35. The van der Waals surface area contributed by atoms with E-state index in [4.69, 9.17) is 9.47 Å². The monoisotopic (exact) mass is 361 g/mol. The summed E-state index contributed by atoms with van der Waals surface area (Å²) in [5.41, 5.74) is -0.273. The molecule has 0 unspecified atom stereocenters. The van der Waals surface area contributed by atoms with Crippen LogP contribution in [0.3, 0.4) is 0 Å². The van der Waals surface area contributed by atoms with Gasteiger partial charge in [-0.25, -0.2) is 9.59 Å². The quantitative estimate of drug-likeness (QED) is 0.325. The first kappa shape index (κ1) is 19.3. The molecule has 1 aromatic carbocycles. The summed E-state index contributed by atoms with van der Waals surface area (Å²) in [7, 11) is 0. The highest BCUT2D eigenvalue weighted by molar-refractivity contribution is 5.89. The Morgan fingerprint density at radius 3 is 2.85 bits per heavy atom. The normalized spacial score (nSPS) is 10.5. The van der Waals surface area contributed by atoms with Gasteiger partial charge in [0.05, 0.1) is 5.39 Å². The van der Waals surface area contributed by atoms with E-state index in [0.717, 1.165) is 30.4 Å². The van der Waals surface area contributed by atoms with Gasteiger partial charge in [0.1, 0.15) is 12.1 Å². The first-order chi connectivity index (χ1) is 12.6. The van der Waals surface area contributed by atoms with Crippen LogP contribution in [0.5, 0.6) is 5.75 Å². The largest absolute Gasteiger partial charge is 0.514 e. The average molecular weight is 361 g/mol. The maximum Gasteiger partial charge on any atom is 0.514 e. The van der Waals surface area contributed by atoms with Gasteiger partial charge in [0, 0.05) is 6.54 Å². The van der Waals surface area contributed by atoms with Crippen LogP contribution in [0.2, 0.25) is 0 Å². The van der Waals surface area contributed by atoms with Crippen molar-refractivity contribution in [3.63, 3.8) is 0 Å². The highest BCUT2D eigenvalue weighted by atomic mass is 16.7. The first-order valence-electron chi connectivity index (χ1n) is 8.56. The molecule has 2 aromatic rings. The molecule has 140 valence electrons. The van der Waals surface area contributed by atoms with Crippen molar-refractivity contribution in [1.82, 2.24) is 15.1 Å². The predicted octanol–water partition coefficient (Wildman–Crippen LogP) is 3.17. The Bertz CT molecular complexity index is 837. The van der Waals surface area contributed by atoms with Crippen LogP contribution in [0.15, 0.2) is 35.6 Å². The summed E-state index contributed by atoms with van der Waals surface area (Å²) in [5.74, 6) is 0.100. The molecule has 8 nitrogen and oxygen atoms in total. The molecule has 1 heterocycles. The number of aromatic amines is 1. The van der Waals surface area contributed by atoms with Crippen molar-refractivity contribution in [1.29, 1.82) is 0 Å². The third-order valence-electron chi connectivity index (χ3n) is 3.71. The van der Waals surface area contributed by atoms with Crippen LogP contribution < -0.4 is 15.6 Å². The van der Waals surface area contributed by atoms with Crippen LogP contribution >= 0.6 is 0 Å². The number of aromatic nitrogens is 2. The van der Waals surface area contributed by atoms with E-state index >= 15 is 0 Å². The summed E-state index contributed by atoms with van der Waals surface area (Å²) in [6, 6.07) is 4.05. The van der Waals surface area contributed by atoms with Gasteiger partial charge in [-0.2, -0.15) is 4.68 Å². The van der Waals surface area contributed by atoms with E-state index in [0.29, 0.717) is 6.54 Å². The lowest BCUT2D eigenvalue weighted by molar-refractivity contribution is 0.110. The minimum atomic E-state index is -0.925. The zero-order chi connectivity index (χ0) is 18.9. The van der Waals surface area contributed by atoms with E-state index < -0.39 is 17.7 Å². The second-order valence-corrected chi connectivity index (χ2v) is 5.68. The number of hydrogen-bond acceptors (Lipinski definition) is 5. The summed E-state index contributed by atoms with van der Waals surface area (Å²) in [4.78, 5) is 36.2. The van der Waals surface area contributed by atoms with Gasteiger partial charge in [-0.15, -0.1) is 0 Å². The van der Waals surface area contributed by atoms with Gasteiger partial charge in [-0.1, -0.05) is 44.9 Å². The van der Waals surface area contributed by atoms with Gasteiger partial charge in [0.15, 0.2) is 5.75 Å². The smallest absolute Gasteiger partial charge is 0.430 e. The van der Waals surface area contributed by atoms with Gasteiger partial charge in [-0.3, -0.25) is 9.89 Å². The Morgan fingerprint density at radius 2 is 2.12 bits per heavy atom. The van der Waals surface area contributed by atoms with E-state index in [1.54, 1.807) is 12.1 Å². The second-order valence-electron chi connectivity index (χ2n) is 5.68. The molecule has 0 aliphatic rings. The number of carbonyl (C=O) groups is 2. The van der Waals surface area contributed by atoms with Gasteiger partial charge in [0.2, 0.25) is 0 Å². The zero-order valence-electron chi connectivity index (χ0n) is 14.7. The van der Waals surface area contributed by atoms with Gasteiger partial charge in [0.25, 0.3) is 5.56 Å². The number of amides is 1. The molecule has 0 atom stereocenters. The number of H-pyrrole nitrogens is 1. The molecule has 0 fully saturated rings. The van der Waals surface area contributed by atoms with Crippen molar-refractivity contribution in [2.24, 2.45) is 0 Å². The van der Waals surface area contributed by atoms with E-state index in [1.165, 1.54) is 12.1 Å². The molecule has 0 aliphatic heterocycles. The molecule has 0 radical (unpaired) electrons. The summed E-state index contributed by atoms with van der Waals surface area (Å²) < 4.78 is 10.7. The summed E-state index contributed by atoms with van der Waals surface area (Å²) in [5, 5.41) is 5.62. The topological polar surface area (TPSA) is 102 Å². The number of unbranched alkanes of at least 4 members (excludes halogenated alkanes) is 3. The summed E-state index contributed by atoms with van der Waals surface area (Å²) >= 11 is 0. The second kappa shape index (κ2) is 9.45. The maximum absolute atomic E-state index is 12.4. The predicted molar refractivity (Wildman–Crippen MR) is 97.7 cm³/mol. The van der Waals surface area contributed by atoms with Crippen LogP contribution in [-0.2, 0) is 4.74 Å². The lowest BCUT2D eigenvalue weighted by atomic mass is 10.2. The molecule has 2 N–H and O–H groups in total. The average Bonchev–Trinajstić information content (AvgIpc) is 2.98. The highest BCUT2D eigenvalue weighted by Crippen LogP contribution is 2.22. The molecular weight excluding hydrogens is 338 g/mol. The number of nitrogens with zero attached hydrogens (tertiary/aromatic N) is 1. The minimum Gasteiger partial charge on any atom is -0.430 e. The van der Waals surface area contributed by atoms with Crippen molar-refractivity contribution in [2.45, 2.75) is 32.6 Å². The molecule has 26 heavy (non-hydrogen) atoms. The van der Waals surface area contributed by atoms with E-state index in [1.807, 2.05) is 0 Å². The van der Waals surface area contributed by atoms with Crippen molar-refractivity contribution in [3.05, 3.63) is 41.2 Å².